The van der Waals surface area contributed by atoms with Crippen LogP contribution in [0.2, 0.25) is 5.28 Å². The fourth-order valence-electron chi connectivity index (χ4n) is 4.23. The van der Waals surface area contributed by atoms with Crippen LogP contribution >= 0.6 is 34.7 Å². The van der Waals surface area contributed by atoms with Crippen LogP contribution in [0.25, 0.3) is 11.2 Å². The van der Waals surface area contributed by atoms with Crippen LogP contribution in [0.15, 0.2) is 6.33 Å². The third-order valence-electron chi connectivity index (χ3n) is 5.81. The summed E-state index contributed by atoms with van der Waals surface area (Å²) in [5.41, 5.74) is 8.12. The van der Waals surface area contributed by atoms with E-state index < -0.39 is 0 Å². The molecule has 0 unspecified atom stereocenters. The van der Waals surface area contributed by atoms with Crippen molar-refractivity contribution in [1.82, 2.24) is 29.8 Å². The van der Waals surface area contributed by atoms with E-state index in [0.717, 1.165) is 55.8 Å². The van der Waals surface area contributed by atoms with Crippen molar-refractivity contribution in [2.45, 2.75) is 44.7 Å². The number of imidazole rings is 1. The summed E-state index contributed by atoms with van der Waals surface area (Å²) in [4.78, 5) is 31.3. The van der Waals surface area contributed by atoms with Gasteiger partial charge in [0.25, 0.3) is 0 Å². The third-order valence-corrected chi connectivity index (χ3v) is 7.49. The molecule has 3 aromatic rings. The monoisotopic (exact) mass is 466 g/mol. The Hall–Kier alpha value is -2.01. The molecule has 0 atom stereocenters. The van der Waals surface area contributed by atoms with Gasteiger partial charge in [0.1, 0.15) is 5.52 Å². The summed E-state index contributed by atoms with van der Waals surface area (Å²) in [6, 6.07) is 0.173. The van der Waals surface area contributed by atoms with E-state index >= 15 is 0 Å². The average Bonchev–Trinajstić information content (AvgIpc) is 3.37. The van der Waals surface area contributed by atoms with Crippen molar-refractivity contribution in [3.8, 4) is 0 Å². The second kappa shape index (κ2) is 7.92. The smallest absolute Gasteiger partial charge is 0.246 e. The van der Waals surface area contributed by atoms with E-state index in [9.17, 15) is 4.79 Å². The minimum absolute atomic E-state index is 0.0840. The molecule has 0 bridgehead atoms. The minimum Gasteiger partial charge on any atom is -0.382 e. The highest BCUT2D eigenvalue weighted by atomic mass is 35.5. The van der Waals surface area contributed by atoms with E-state index in [0.29, 0.717) is 16.3 Å². The fourth-order valence-corrected chi connectivity index (χ4v) is 5.67. The molecule has 1 amide bonds. The van der Waals surface area contributed by atoms with Gasteiger partial charge in [-0.15, -0.1) is 0 Å². The first-order valence-corrected chi connectivity index (χ1v) is 11.4. The molecule has 30 heavy (non-hydrogen) atoms. The number of anilines is 2. The number of nitrogen functional groups attached to an aromatic ring is 1. The van der Waals surface area contributed by atoms with Crippen molar-refractivity contribution < 1.29 is 4.79 Å². The van der Waals surface area contributed by atoms with Crippen LogP contribution in [-0.4, -0.2) is 37.0 Å². The topological polar surface area (TPSA) is 115 Å². The molecule has 3 N–H and O–H groups in total. The number of amides is 1. The van der Waals surface area contributed by atoms with Crippen molar-refractivity contribution in [1.29, 1.82) is 0 Å². The third kappa shape index (κ3) is 3.51. The van der Waals surface area contributed by atoms with Crippen LogP contribution in [0.4, 0.5) is 10.9 Å². The zero-order valence-electron chi connectivity index (χ0n) is 16.0. The van der Waals surface area contributed by atoms with E-state index in [-0.39, 0.29) is 29.0 Å². The maximum absolute atomic E-state index is 13.0. The molecule has 0 radical (unpaired) electrons. The summed E-state index contributed by atoms with van der Waals surface area (Å²) in [5, 5.41) is 3.99. The van der Waals surface area contributed by atoms with Gasteiger partial charge in [0.05, 0.1) is 12.0 Å². The lowest BCUT2D eigenvalue weighted by atomic mass is 9.85. The average molecular weight is 467 g/mol. The van der Waals surface area contributed by atoms with Gasteiger partial charge in [0.2, 0.25) is 16.3 Å². The van der Waals surface area contributed by atoms with Crippen molar-refractivity contribution in [3.63, 3.8) is 0 Å². The van der Waals surface area contributed by atoms with Gasteiger partial charge in [-0.3, -0.25) is 4.79 Å². The van der Waals surface area contributed by atoms with E-state index in [4.69, 9.17) is 29.1 Å². The predicted octanol–water partition coefficient (Wildman–Crippen LogP) is 3.08. The van der Waals surface area contributed by atoms with Crippen LogP contribution in [0.5, 0.6) is 0 Å². The van der Waals surface area contributed by atoms with Crippen molar-refractivity contribution in [3.05, 3.63) is 22.2 Å². The summed E-state index contributed by atoms with van der Waals surface area (Å²) in [5.74, 6) is 0.0573. The number of halogens is 2. The number of carbonyl (C=O) groups is 1. The first kappa shape index (κ1) is 19.9. The Morgan fingerprint density at radius 3 is 2.83 bits per heavy atom. The minimum atomic E-state index is -0.129. The summed E-state index contributed by atoms with van der Waals surface area (Å²) in [7, 11) is 0. The molecule has 158 valence electrons. The molecule has 2 aliphatic rings. The number of hydrogen-bond acceptors (Lipinski definition) is 8. The Morgan fingerprint density at radius 1 is 1.27 bits per heavy atom. The summed E-state index contributed by atoms with van der Waals surface area (Å²) in [6.07, 6.45) is 5.67. The highest BCUT2D eigenvalue weighted by Gasteiger charge is 2.33. The molecule has 0 spiro atoms. The number of thiazole rings is 1. The quantitative estimate of drug-likeness (QED) is 0.449. The van der Waals surface area contributed by atoms with Gasteiger partial charge in [-0.05, 0) is 37.3 Å². The van der Waals surface area contributed by atoms with E-state index in [1.54, 1.807) is 6.33 Å². The second-order valence-electron chi connectivity index (χ2n) is 7.62. The molecule has 1 aliphatic carbocycles. The van der Waals surface area contributed by atoms with Crippen LogP contribution in [0, 0.1) is 5.92 Å². The number of aromatic nitrogens is 5. The number of nitrogens with zero attached hydrogens (tertiary/aromatic N) is 6. The largest absolute Gasteiger partial charge is 0.382 e. The van der Waals surface area contributed by atoms with Crippen molar-refractivity contribution >= 4 is 62.7 Å². The summed E-state index contributed by atoms with van der Waals surface area (Å²) in [6.45, 7) is 1.69. The maximum Gasteiger partial charge on any atom is 0.246 e. The van der Waals surface area contributed by atoms with Crippen molar-refractivity contribution in [2.75, 3.05) is 16.7 Å². The lowest BCUT2D eigenvalue weighted by Gasteiger charge is -2.29. The van der Waals surface area contributed by atoms with Crippen molar-refractivity contribution in [2.24, 2.45) is 5.92 Å². The molecule has 0 aromatic carbocycles. The van der Waals surface area contributed by atoms with Gasteiger partial charge < -0.3 is 15.6 Å². The maximum atomic E-state index is 13.0. The highest BCUT2D eigenvalue weighted by Crippen LogP contribution is 2.37. The van der Waals surface area contributed by atoms with Gasteiger partial charge >= 0.3 is 0 Å². The van der Waals surface area contributed by atoms with Crippen LogP contribution in [-0.2, 0) is 17.8 Å². The zero-order chi connectivity index (χ0) is 20.8. The van der Waals surface area contributed by atoms with E-state index in [1.165, 1.54) is 15.8 Å². The molecule has 1 aliphatic heterocycles. The van der Waals surface area contributed by atoms with Crippen LogP contribution < -0.4 is 15.5 Å². The Kier molecular flexibility index (Phi) is 5.26. The Morgan fingerprint density at radius 2 is 2.07 bits per heavy atom. The lowest BCUT2D eigenvalue weighted by Crippen LogP contribution is -2.32. The predicted molar refractivity (Wildman–Crippen MR) is 117 cm³/mol. The SMILES string of the molecule is Nc1nc(Cl)nc2c1ncn2C1CCC(C(=O)N(Cl)c2nc3c(s2)CNCC3)CC1. The summed E-state index contributed by atoms with van der Waals surface area (Å²) < 4.78 is 3.20. The van der Waals surface area contributed by atoms with E-state index in [2.05, 4.69) is 25.3 Å². The molecule has 0 saturated heterocycles. The molecule has 5 rings (SSSR count). The molecule has 3 aromatic heterocycles. The molecular formula is C18H20Cl2N8OS. The lowest BCUT2D eigenvalue weighted by molar-refractivity contribution is -0.122. The standard InChI is InChI=1S/C18H20Cl2N8OS/c19-17-25-14(21)13-15(26-17)27(8-23-13)10-3-1-9(2-4-10)16(29)28(20)18-24-11-5-6-22-7-12(11)30-18/h8-10,22H,1-7H2,(H2,21,25,26). The Balaban J connectivity index is 1.28. The molecule has 1 fully saturated rings. The number of hydrogen-bond donors (Lipinski definition) is 2. The molecule has 9 nitrogen and oxygen atoms in total. The first-order chi connectivity index (χ1) is 14.5. The molecule has 1 saturated carbocycles. The number of nitrogens with one attached hydrogen (secondary N) is 1. The van der Waals surface area contributed by atoms with Gasteiger partial charge in [-0.2, -0.15) is 14.4 Å². The normalized spacial score (nSPS) is 21.5. The van der Waals surface area contributed by atoms with Crippen LogP contribution in [0.3, 0.4) is 0 Å². The second-order valence-corrected chi connectivity index (χ2v) is 9.36. The fraction of sp³-hybridized carbons (Fsp3) is 0.500. The Bertz CT molecular complexity index is 1080. The summed E-state index contributed by atoms with van der Waals surface area (Å²) >= 11 is 13.9. The molecular weight excluding hydrogens is 447 g/mol. The number of fused-ring (bicyclic) bond motifs is 2. The first-order valence-electron chi connectivity index (χ1n) is 9.86. The van der Waals surface area contributed by atoms with Gasteiger partial charge in [-0.25, -0.2) is 9.97 Å². The number of rotatable bonds is 3. The van der Waals surface area contributed by atoms with Gasteiger partial charge in [-0.1, -0.05) is 11.3 Å². The van der Waals surface area contributed by atoms with E-state index in [1.807, 2.05) is 4.57 Å². The molecule has 12 heteroatoms. The highest BCUT2D eigenvalue weighted by molar-refractivity contribution is 7.16. The molecule has 4 heterocycles. The van der Waals surface area contributed by atoms with Gasteiger partial charge in [0, 0.05) is 48.1 Å². The van der Waals surface area contributed by atoms with Gasteiger partial charge in [0.15, 0.2) is 11.5 Å². The number of nitrogens with two attached hydrogens (primary N) is 1. The number of carbonyl (C=O) groups excluding carboxylic acids is 1. The van der Waals surface area contributed by atoms with Crippen LogP contribution in [0.1, 0.15) is 42.3 Å². The Labute approximate surface area is 186 Å². The zero-order valence-corrected chi connectivity index (χ0v) is 18.3.